The van der Waals surface area contributed by atoms with Gasteiger partial charge in [0.05, 0.1) is 5.69 Å². The molecule has 1 fully saturated rings. The second-order valence-corrected chi connectivity index (χ2v) is 5.57. The monoisotopic (exact) mass is 262 g/mol. The minimum absolute atomic E-state index is 0.250. The molecule has 0 spiro atoms. The third kappa shape index (κ3) is 3.94. The fourth-order valence-electron chi connectivity index (χ4n) is 2.75. The second kappa shape index (κ2) is 6.55. The van der Waals surface area contributed by atoms with Crippen molar-refractivity contribution in [3.63, 3.8) is 0 Å². The lowest BCUT2D eigenvalue weighted by atomic mass is 9.81. The van der Waals surface area contributed by atoms with E-state index in [0.29, 0.717) is 5.69 Å². The molecular formula is C15H22N2O2. The predicted octanol–water partition coefficient (Wildman–Crippen LogP) is 3.41. The highest BCUT2D eigenvalue weighted by molar-refractivity contribution is 5.93. The van der Waals surface area contributed by atoms with Crippen molar-refractivity contribution < 1.29 is 9.90 Å². The van der Waals surface area contributed by atoms with Gasteiger partial charge in [-0.05, 0) is 24.3 Å². The molecule has 2 N–H and O–H groups in total. The average molecular weight is 262 g/mol. The number of aromatic carboxylic acids is 1. The van der Waals surface area contributed by atoms with Crippen LogP contribution in [-0.4, -0.2) is 22.6 Å². The highest BCUT2D eigenvalue weighted by atomic mass is 16.4. The molecule has 0 bridgehead atoms. The number of carbonyl (C=O) groups is 1. The maximum absolute atomic E-state index is 11.0. The Morgan fingerprint density at radius 3 is 2.84 bits per heavy atom. The Morgan fingerprint density at radius 2 is 2.16 bits per heavy atom. The number of anilines is 1. The highest BCUT2D eigenvalue weighted by Crippen LogP contribution is 2.30. The summed E-state index contributed by atoms with van der Waals surface area (Å²) < 4.78 is 0. The van der Waals surface area contributed by atoms with Crippen molar-refractivity contribution in [2.75, 3.05) is 11.9 Å². The normalized spacial score (nSPS) is 23.0. The molecular weight excluding hydrogens is 240 g/mol. The van der Waals surface area contributed by atoms with E-state index in [2.05, 4.69) is 17.2 Å². The molecule has 4 heteroatoms. The summed E-state index contributed by atoms with van der Waals surface area (Å²) in [5, 5.41) is 12.3. The Balaban J connectivity index is 1.81. The molecule has 1 aliphatic carbocycles. The lowest BCUT2D eigenvalue weighted by molar-refractivity contribution is 0.0697. The topological polar surface area (TPSA) is 62.2 Å². The number of hydrogen-bond acceptors (Lipinski definition) is 3. The summed E-state index contributed by atoms with van der Waals surface area (Å²) in [4.78, 5) is 14.9. The molecule has 4 nitrogen and oxygen atoms in total. The fourth-order valence-corrected chi connectivity index (χ4v) is 2.75. The molecule has 0 amide bonds. The van der Waals surface area contributed by atoms with Crippen molar-refractivity contribution >= 4 is 11.7 Å². The first-order chi connectivity index (χ1) is 9.16. The molecule has 0 atom stereocenters. The van der Waals surface area contributed by atoms with Gasteiger partial charge < -0.3 is 10.4 Å². The summed E-state index contributed by atoms with van der Waals surface area (Å²) in [6, 6.07) is 1.73. The Hall–Kier alpha value is -1.58. The first kappa shape index (κ1) is 13.8. The van der Waals surface area contributed by atoms with Gasteiger partial charge >= 0.3 is 5.97 Å². The van der Waals surface area contributed by atoms with Crippen LogP contribution in [0, 0.1) is 11.8 Å². The fraction of sp³-hybridized carbons (Fsp3) is 0.600. The van der Waals surface area contributed by atoms with Gasteiger partial charge in [0.2, 0.25) is 0 Å². The van der Waals surface area contributed by atoms with Crippen molar-refractivity contribution in [3.05, 3.63) is 24.0 Å². The molecule has 0 aromatic carbocycles. The zero-order valence-electron chi connectivity index (χ0n) is 11.4. The van der Waals surface area contributed by atoms with Crippen LogP contribution >= 0.6 is 0 Å². The number of nitrogens with zero attached hydrogens (tertiary/aromatic N) is 1. The highest BCUT2D eigenvalue weighted by Gasteiger charge is 2.18. The molecule has 0 radical (unpaired) electrons. The summed E-state index contributed by atoms with van der Waals surface area (Å²) in [7, 11) is 0. The number of aromatic nitrogens is 1. The molecule has 0 aliphatic heterocycles. The number of carboxylic acids is 1. The zero-order valence-corrected chi connectivity index (χ0v) is 11.4. The van der Waals surface area contributed by atoms with E-state index in [1.165, 1.54) is 31.9 Å². The number of carboxylic acid groups (broad SMARTS) is 1. The molecule has 1 aromatic heterocycles. The van der Waals surface area contributed by atoms with E-state index in [9.17, 15) is 4.79 Å². The van der Waals surface area contributed by atoms with Crippen molar-refractivity contribution in [2.45, 2.75) is 39.0 Å². The number of rotatable bonds is 5. The van der Waals surface area contributed by atoms with Crippen LogP contribution in [0.2, 0.25) is 0 Å². The van der Waals surface area contributed by atoms with Crippen LogP contribution in [0.15, 0.2) is 18.5 Å². The Morgan fingerprint density at radius 1 is 1.42 bits per heavy atom. The van der Waals surface area contributed by atoms with Crippen molar-refractivity contribution in [2.24, 2.45) is 11.8 Å². The van der Waals surface area contributed by atoms with Crippen molar-refractivity contribution in [1.82, 2.24) is 4.98 Å². The van der Waals surface area contributed by atoms with Crippen LogP contribution in [0.4, 0.5) is 5.69 Å². The van der Waals surface area contributed by atoms with Gasteiger partial charge in [-0.1, -0.05) is 32.6 Å². The van der Waals surface area contributed by atoms with E-state index in [1.54, 1.807) is 12.3 Å². The molecule has 19 heavy (non-hydrogen) atoms. The maximum Gasteiger partial charge on any atom is 0.339 e. The third-order valence-electron chi connectivity index (χ3n) is 4.05. The van der Waals surface area contributed by atoms with Crippen LogP contribution in [0.25, 0.3) is 0 Å². The quantitative estimate of drug-likeness (QED) is 0.853. The number of nitrogens with one attached hydrogen (secondary N) is 1. The second-order valence-electron chi connectivity index (χ2n) is 5.57. The van der Waals surface area contributed by atoms with Gasteiger partial charge in [-0.3, -0.25) is 4.98 Å². The lowest BCUT2D eigenvalue weighted by Crippen LogP contribution is -2.16. The van der Waals surface area contributed by atoms with Gasteiger partial charge in [-0.15, -0.1) is 0 Å². The third-order valence-corrected chi connectivity index (χ3v) is 4.05. The summed E-state index contributed by atoms with van der Waals surface area (Å²) in [6.45, 7) is 3.16. The van der Waals surface area contributed by atoms with Crippen LogP contribution < -0.4 is 5.32 Å². The molecule has 2 rings (SSSR count). The van der Waals surface area contributed by atoms with Gasteiger partial charge in [0.15, 0.2) is 0 Å². The maximum atomic E-state index is 11.0. The molecule has 0 saturated heterocycles. The predicted molar refractivity (Wildman–Crippen MR) is 75.4 cm³/mol. The first-order valence-corrected chi connectivity index (χ1v) is 7.08. The van der Waals surface area contributed by atoms with Gasteiger partial charge in [0.25, 0.3) is 0 Å². The Bertz CT molecular complexity index is 426. The minimum Gasteiger partial charge on any atom is -0.478 e. The number of pyridine rings is 1. The molecule has 1 aliphatic rings. The van der Waals surface area contributed by atoms with E-state index in [4.69, 9.17) is 5.11 Å². The van der Waals surface area contributed by atoms with Gasteiger partial charge in [-0.25, -0.2) is 4.79 Å². The smallest absolute Gasteiger partial charge is 0.339 e. The molecule has 1 saturated carbocycles. The van der Waals surface area contributed by atoms with Crippen LogP contribution in [0.5, 0.6) is 0 Å². The van der Waals surface area contributed by atoms with E-state index >= 15 is 0 Å². The van der Waals surface area contributed by atoms with Gasteiger partial charge in [0.1, 0.15) is 5.56 Å². The minimum atomic E-state index is -0.929. The standard InChI is InChI=1S/C15H22N2O2/c1-11-2-4-12(5-3-11)6-9-17-14-7-8-16-10-13(14)15(18)19/h7-8,10-12H,2-6,9H2,1H3,(H,16,17)(H,18,19). The van der Waals surface area contributed by atoms with Crippen molar-refractivity contribution in [1.29, 1.82) is 0 Å². The van der Waals surface area contributed by atoms with Gasteiger partial charge in [0, 0.05) is 18.9 Å². The Kier molecular flexibility index (Phi) is 4.77. The van der Waals surface area contributed by atoms with Crippen LogP contribution in [0.1, 0.15) is 49.4 Å². The summed E-state index contributed by atoms with van der Waals surface area (Å²) >= 11 is 0. The van der Waals surface area contributed by atoms with Gasteiger partial charge in [-0.2, -0.15) is 0 Å². The summed E-state index contributed by atoms with van der Waals surface area (Å²) in [5.74, 6) is 0.740. The molecule has 104 valence electrons. The SMILES string of the molecule is CC1CCC(CCNc2ccncc2C(=O)O)CC1. The lowest BCUT2D eigenvalue weighted by Gasteiger charge is -2.26. The van der Waals surface area contributed by atoms with Crippen LogP contribution in [-0.2, 0) is 0 Å². The summed E-state index contributed by atoms with van der Waals surface area (Å²) in [6.07, 6.45) is 9.43. The average Bonchev–Trinajstić information content (AvgIpc) is 2.41. The van der Waals surface area contributed by atoms with Crippen molar-refractivity contribution in [3.8, 4) is 0 Å². The largest absolute Gasteiger partial charge is 0.478 e. The van der Waals surface area contributed by atoms with E-state index in [1.807, 2.05) is 0 Å². The summed E-state index contributed by atoms with van der Waals surface area (Å²) in [5.41, 5.74) is 0.923. The van der Waals surface area contributed by atoms with E-state index < -0.39 is 5.97 Å². The first-order valence-electron chi connectivity index (χ1n) is 7.08. The molecule has 1 aromatic rings. The molecule has 1 heterocycles. The van der Waals surface area contributed by atoms with Crippen LogP contribution in [0.3, 0.4) is 0 Å². The molecule has 0 unspecified atom stereocenters. The Labute approximate surface area is 114 Å². The zero-order chi connectivity index (χ0) is 13.7. The van der Waals surface area contributed by atoms with E-state index in [0.717, 1.165) is 24.8 Å². The van der Waals surface area contributed by atoms with E-state index in [-0.39, 0.29) is 5.56 Å². The number of hydrogen-bond donors (Lipinski definition) is 2.